The number of benzene rings is 3. The molecule has 4 aliphatic heterocycles. The molecule has 2 atom stereocenters. The summed E-state index contributed by atoms with van der Waals surface area (Å²) in [5.74, 6) is 1.48. The molecule has 2 unspecified atom stereocenters. The number of piperidine rings is 4. The second-order valence-corrected chi connectivity index (χ2v) is 35.0. The quantitative estimate of drug-likeness (QED) is 0.0643. The molecule has 3 aromatic rings. The first-order valence-corrected chi connectivity index (χ1v) is 37.2. The van der Waals surface area contributed by atoms with E-state index in [-0.39, 0.29) is 49.8 Å². The maximum atomic E-state index is 12.1. The van der Waals surface area contributed by atoms with Gasteiger partial charge in [0.15, 0.2) is 8.24 Å². The number of ether oxygens (including phenoxy) is 4. The average molecular weight is 1400 g/mol. The first-order valence-electron chi connectivity index (χ1n) is 31.5. The molecule has 16 nitrogen and oxygen atoms in total. The van der Waals surface area contributed by atoms with Crippen LogP contribution in [0.4, 0.5) is 19.2 Å². The van der Waals surface area contributed by atoms with Gasteiger partial charge in [-0.15, -0.1) is 0 Å². The highest BCUT2D eigenvalue weighted by Gasteiger charge is 2.32. The predicted molar refractivity (Wildman–Crippen MR) is 377 cm³/mol. The highest BCUT2D eigenvalue weighted by molar-refractivity contribution is 9.08. The molecule has 90 heavy (non-hydrogen) atoms. The van der Waals surface area contributed by atoms with Crippen LogP contribution in [0.5, 0.6) is 0 Å². The van der Waals surface area contributed by atoms with E-state index in [2.05, 4.69) is 58.6 Å². The molecular weight excluding hydrogens is 1290 g/mol. The smallest absolute Gasteiger partial charge is 0.410 e. The molecule has 0 radical (unpaired) electrons. The second-order valence-electron chi connectivity index (χ2n) is 28.6. The van der Waals surface area contributed by atoms with Gasteiger partial charge in [0.1, 0.15) is 28.7 Å². The van der Waals surface area contributed by atoms with Crippen molar-refractivity contribution < 1.29 is 42.9 Å². The number of carbonyl (C=O) groups is 5. The molecule has 0 aliphatic carbocycles. The molecule has 508 valence electrons. The highest BCUT2D eigenvalue weighted by atomic mass is 79.9. The molecular formula is C69H111BrCl3N7O9Si. The van der Waals surface area contributed by atoms with Gasteiger partial charge in [-0.3, -0.25) is 0 Å². The first-order chi connectivity index (χ1) is 41.3. The van der Waals surface area contributed by atoms with Crippen LogP contribution in [0.1, 0.15) is 159 Å². The number of nitrogens with two attached hydrogens (primary N) is 2. The second kappa shape index (κ2) is 38.7. The Labute approximate surface area is 565 Å². The molecule has 4 aliphatic rings. The van der Waals surface area contributed by atoms with Crippen LogP contribution < -0.4 is 11.5 Å². The van der Waals surface area contributed by atoms with E-state index in [0.717, 1.165) is 104 Å². The molecule has 4 fully saturated rings. The lowest BCUT2D eigenvalue weighted by atomic mass is 9.86. The summed E-state index contributed by atoms with van der Waals surface area (Å²) in [5.41, 5.74) is 14.5. The predicted octanol–water partition coefficient (Wildman–Crippen LogP) is 17.0. The summed E-state index contributed by atoms with van der Waals surface area (Å²) >= 11 is 21.1. The molecule has 0 bridgehead atoms. The fourth-order valence-electron chi connectivity index (χ4n) is 9.93. The lowest BCUT2D eigenvalue weighted by molar-refractivity contribution is -0.112. The van der Waals surface area contributed by atoms with Gasteiger partial charge in [-0.1, -0.05) is 94.6 Å². The van der Waals surface area contributed by atoms with E-state index in [9.17, 15) is 24.0 Å². The summed E-state index contributed by atoms with van der Waals surface area (Å²) in [6.07, 6.45) is 11.0. The third kappa shape index (κ3) is 35.0. The summed E-state index contributed by atoms with van der Waals surface area (Å²) < 4.78 is 26.2. The minimum atomic E-state index is -1.35. The number of nitrogens with zero attached hydrogens (tertiary/aromatic N) is 5. The van der Waals surface area contributed by atoms with E-state index in [0.29, 0.717) is 57.0 Å². The van der Waals surface area contributed by atoms with Crippen LogP contribution in [-0.2, 0) is 41.9 Å². The Morgan fingerprint density at radius 1 is 0.511 bits per heavy atom. The molecule has 21 heteroatoms. The van der Waals surface area contributed by atoms with Crippen LogP contribution in [0, 0.1) is 23.7 Å². The van der Waals surface area contributed by atoms with Gasteiger partial charge in [0.05, 0.1) is 0 Å². The Bertz CT molecular complexity index is 2560. The topological polar surface area (TPSA) is 200 Å². The number of halogens is 4. The van der Waals surface area contributed by atoms with Crippen molar-refractivity contribution in [1.29, 1.82) is 0 Å². The number of likely N-dealkylation sites (tertiary alicyclic amines) is 4. The normalized spacial score (nSPS) is 17.2. The molecule has 7 rings (SSSR count). The van der Waals surface area contributed by atoms with E-state index in [4.69, 9.17) is 65.2 Å². The summed E-state index contributed by atoms with van der Waals surface area (Å²) in [7, 11) is -1.35. The van der Waals surface area contributed by atoms with Crippen LogP contribution in [0.15, 0.2) is 77.5 Å². The van der Waals surface area contributed by atoms with Crippen molar-refractivity contribution in [3.05, 3.63) is 105 Å². The summed E-state index contributed by atoms with van der Waals surface area (Å²) in [4.78, 5) is 65.3. The van der Waals surface area contributed by atoms with E-state index < -0.39 is 30.6 Å². The van der Waals surface area contributed by atoms with E-state index in [1.54, 1.807) is 14.7 Å². The van der Waals surface area contributed by atoms with Crippen LogP contribution in [0.3, 0.4) is 0 Å². The number of hydrogen-bond acceptors (Lipinski definition) is 12. The van der Waals surface area contributed by atoms with E-state index in [1.807, 2.05) is 149 Å². The van der Waals surface area contributed by atoms with Crippen molar-refractivity contribution in [3.63, 3.8) is 0 Å². The van der Waals surface area contributed by atoms with E-state index in [1.165, 1.54) is 16.7 Å². The minimum absolute atomic E-state index is 0. The number of alkyl halides is 1. The fourth-order valence-corrected chi connectivity index (χ4v) is 11.6. The van der Waals surface area contributed by atoms with Gasteiger partial charge >= 0.3 is 24.4 Å². The third-order valence-corrected chi connectivity index (χ3v) is 16.9. The van der Waals surface area contributed by atoms with Crippen molar-refractivity contribution in [2.24, 2.45) is 39.8 Å². The Kier molecular flexibility index (Phi) is 35.1. The fraction of sp³-hybridized carbons (Fsp3) is 0.652. The summed E-state index contributed by atoms with van der Waals surface area (Å²) in [6.45, 7) is 34.9. The highest BCUT2D eigenvalue weighted by Crippen LogP contribution is 2.27. The third-order valence-electron chi connectivity index (χ3n) is 14.6. The maximum absolute atomic E-state index is 12.1. The molecule has 0 spiro atoms. The molecule has 4 amide bonds. The molecule has 0 aromatic heterocycles. The zero-order chi connectivity index (χ0) is 66.9. The number of amides is 4. The van der Waals surface area contributed by atoms with Gasteiger partial charge in [0, 0.05) is 90.8 Å². The van der Waals surface area contributed by atoms with Crippen molar-refractivity contribution in [1.82, 2.24) is 19.6 Å². The van der Waals surface area contributed by atoms with Crippen LogP contribution >= 0.6 is 50.7 Å². The van der Waals surface area contributed by atoms with Crippen molar-refractivity contribution in [2.45, 2.75) is 214 Å². The summed E-state index contributed by atoms with van der Waals surface area (Å²) in [6, 6.07) is 23.7. The summed E-state index contributed by atoms with van der Waals surface area (Å²) in [5, 5.41) is 3.16. The number of hydrogen-bond donors (Lipinski definition) is 2. The minimum Gasteiger partial charge on any atom is -0.444 e. The van der Waals surface area contributed by atoms with Gasteiger partial charge < -0.3 is 59.5 Å². The first kappa shape index (κ1) is 81.7. The molecule has 0 saturated carbocycles. The lowest BCUT2D eigenvalue weighted by Gasteiger charge is -2.35. The molecule has 4 N–H and O–H groups in total. The van der Waals surface area contributed by atoms with Gasteiger partial charge in [0.2, 0.25) is 0 Å². The Hall–Kier alpha value is -4.43. The monoisotopic (exact) mass is 1390 g/mol. The van der Waals surface area contributed by atoms with Gasteiger partial charge in [-0.05, 0) is 244 Å². The van der Waals surface area contributed by atoms with Crippen LogP contribution in [-0.4, -0.2) is 152 Å². The number of rotatable bonds is 10. The SMILES string of the molecule is C.CC(C)(C)OC(=O)N1CCC(C(N)Cc2cccc(Cl)c2)CC1.CC(C)(C)OC(=O)N1CCC(C(N)Cc2cccc(Cl)c2)CC1.CC(C)(C)OC(=O)N1CCC(C=N[Si](C)(C)C)CC1.CC(C)(C)OC(=O)N1CCC(C=O)CC1.Clc1cccc(CBr)c1. The molecule has 3 aromatic carbocycles. The number of carbonyl (C=O) groups excluding carboxylic acids is 5. The Morgan fingerprint density at radius 2 is 0.778 bits per heavy atom. The zero-order valence-corrected chi connectivity index (χ0v) is 60.9. The number of aldehydes is 1. The van der Waals surface area contributed by atoms with Crippen LogP contribution in [0.2, 0.25) is 34.7 Å². The van der Waals surface area contributed by atoms with E-state index >= 15 is 0 Å². The molecule has 4 heterocycles. The van der Waals surface area contributed by atoms with Crippen molar-refractivity contribution in [3.8, 4) is 0 Å². The van der Waals surface area contributed by atoms with Gasteiger partial charge in [0.25, 0.3) is 0 Å². The molecule has 4 saturated heterocycles. The zero-order valence-electron chi connectivity index (χ0n) is 56.1. The largest absolute Gasteiger partial charge is 0.444 e. The standard InChI is InChI=1S/2C18H27ClN2O2.C14H28N2O2Si.C11H19NO3.C7H6BrCl.CH4/c2*1-18(2,3)23-17(22)21-9-7-14(8-10-21)16(20)12-13-5-4-6-15(19)11-13;1-14(2,3)18-13(17)16-9-7-12(8-10-16)11-15-19(4,5)6;1-11(2,3)15-10(14)12-6-4-9(8-13)5-7-12;8-5-6-2-1-3-7(9)4-6;/h2*4-6,11,14,16H,7-10,12,20H2,1-3H3;11-12H,7-10H2,1-6H3;8-9H,4-7H2,1-3H3;1-4H,5H2;1H4. The Balaban J connectivity index is 0.000000393. The maximum Gasteiger partial charge on any atom is 0.410 e. The van der Waals surface area contributed by atoms with Gasteiger partial charge in [-0.2, -0.15) is 0 Å². The lowest BCUT2D eigenvalue weighted by Crippen LogP contribution is -2.45. The average Bonchev–Trinajstić information content (AvgIpc) is 3.66. The van der Waals surface area contributed by atoms with Crippen molar-refractivity contribution >= 4 is 95.8 Å². The Morgan fingerprint density at radius 3 is 1.02 bits per heavy atom. The van der Waals surface area contributed by atoms with Gasteiger partial charge in [-0.25, -0.2) is 19.2 Å². The van der Waals surface area contributed by atoms with Crippen molar-refractivity contribution in [2.75, 3.05) is 52.4 Å². The van der Waals surface area contributed by atoms with Crippen LogP contribution in [0.25, 0.3) is 0 Å².